The molecule has 0 spiro atoms. The second-order valence-corrected chi connectivity index (χ2v) is 13.2. The largest absolute Gasteiger partial charge is 0.508 e. The van der Waals surface area contributed by atoms with Crippen LogP contribution >= 0.6 is 21.6 Å². The Bertz CT molecular complexity index is 1580. The molecule has 4 rings (SSSR count). The van der Waals surface area contributed by atoms with Gasteiger partial charge < -0.3 is 32.1 Å². The fraction of sp³-hybridized carbons (Fsp3) is 0.323. The van der Waals surface area contributed by atoms with E-state index in [-0.39, 0.29) is 35.1 Å². The molecule has 1 aromatic heterocycles. The number of rotatable bonds is 15. The molecule has 1 aliphatic rings. The van der Waals surface area contributed by atoms with Crippen molar-refractivity contribution in [3.05, 3.63) is 94.2 Å². The van der Waals surface area contributed by atoms with Gasteiger partial charge in [-0.15, -0.1) is 0 Å². The average molecular weight is 682 g/mol. The summed E-state index contributed by atoms with van der Waals surface area (Å²) in [5.74, 6) is -2.38. The summed E-state index contributed by atoms with van der Waals surface area (Å²) < 4.78 is 0. The zero-order chi connectivity index (χ0) is 33.9. The van der Waals surface area contributed by atoms with Crippen LogP contribution in [-0.4, -0.2) is 80.0 Å². The van der Waals surface area contributed by atoms with Gasteiger partial charge in [-0.2, -0.15) is 0 Å². The molecule has 3 aromatic rings. The maximum absolute atomic E-state index is 13.6. The maximum Gasteiger partial charge on any atom is 0.302 e. The minimum absolute atomic E-state index is 0.0324. The molecule has 16 heteroatoms. The van der Waals surface area contributed by atoms with Crippen LogP contribution in [-0.2, 0) is 32.0 Å². The molecule has 1 fully saturated rings. The van der Waals surface area contributed by atoms with Crippen LogP contribution in [0.25, 0.3) is 0 Å². The topological polar surface area (TPSA) is 224 Å². The van der Waals surface area contributed by atoms with E-state index < -0.39 is 52.7 Å². The summed E-state index contributed by atoms with van der Waals surface area (Å²) in [5.41, 5.74) is 13.1. The molecule has 0 bridgehead atoms. The van der Waals surface area contributed by atoms with Gasteiger partial charge in [-0.25, -0.2) is 4.98 Å². The molecule has 1 saturated heterocycles. The van der Waals surface area contributed by atoms with Crippen molar-refractivity contribution >= 4 is 50.9 Å². The number of pyridine rings is 1. The lowest BCUT2D eigenvalue weighted by atomic mass is 10.0. The number of carbonyl (C=O) groups is 4. The molecule has 2 heterocycles. The Hall–Kier alpha value is -4.67. The Morgan fingerprint density at radius 2 is 1.70 bits per heavy atom. The van der Waals surface area contributed by atoms with Gasteiger partial charge >= 0.3 is 5.69 Å². The fourth-order valence-electron chi connectivity index (χ4n) is 5.03. The second-order valence-electron chi connectivity index (χ2n) is 10.8. The second kappa shape index (κ2) is 16.8. The van der Waals surface area contributed by atoms with Crippen molar-refractivity contribution in [3.8, 4) is 5.75 Å². The number of phenolic OH excluding ortho intramolecular Hbond substituents is 1. The number of nitrogens with one attached hydrogen (secondary N) is 2. The first kappa shape index (κ1) is 35.2. The molecule has 47 heavy (non-hydrogen) atoms. The van der Waals surface area contributed by atoms with Crippen LogP contribution in [0, 0.1) is 10.1 Å². The average Bonchev–Trinajstić information content (AvgIpc) is 3.55. The molecule has 7 N–H and O–H groups in total. The summed E-state index contributed by atoms with van der Waals surface area (Å²) in [4.78, 5) is 69.0. The van der Waals surface area contributed by atoms with Gasteiger partial charge in [0.1, 0.15) is 23.9 Å². The minimum atomic E-state index is -1.17. The predicted molar refractivity (Wildman–Crippen MR) is 177 cm³/mol. The van der Waals surface area contributed by atoms with E-state index in [1.54, 1.807) is 36.4 Å². The number of nitrogens with two attached hydrogens (primary N) is 2. The van der Waals surface area contributed by atoms with Crippen LogP contribution < -0.4 is 22.1 Å². The Kier molecular flexibility index (Phi) is 12.5. The number of carbonyl (C=O) groups excluding carboxylic acids is 4. The molecular formula is C31H35N7O7S2. The van der Waals surface area contributed by atoms with Crippen LogP contribution in [0.5, 0.6) is 5.75 Å². The lowest BCUT2D eigenvalue weighted by molar-refractivity contribution is -0.388. The van der Waals surface area contributed by atoms with E-state index in [0.29, 0.717) is 19.4 Å². The molecule has 0 saturated carbocycles. The highest BCUT2D eigenvalue weighted by atomic mass is 33.1. The Morgan fingerprint density at radius 3 is 2.38 bits per heavy atom. The number of primary amides is 1. The summed E-state index contributed by atoms with van der Waals surface area (Å²) in [6, 6.07) is 14.0. The summed E-state index contributed by atoms with van der Waals surface area (Å²) in [6.07, 6.45) is 2.65. The number of aromatic nitrogens is 1. The molecule has 4 atom stereocenters. The molecule has 0 unspecified atom stereocenters. The summed E-state index contributed by atoms with van der Waals surface area (Å²) in [6.45, 7) is 0.322. The van der Waals surface area contributed by atoms with E-state index in [1.165, 1.54) is 35.4 Å². The number of nitrogens with zero attached hydrogens (tertiary/aromatic N) is 3. The molecule has 0 radical (unpaired) electrons. The van der Waals surface area contributed by atoms with Crippen molar-refractivity contribution in [1.29, 1.82) is 0 Å². The molecule has 2 aromatic carbocycles. The van der Waals surface area contributed by atoms with Gasteiger partial charge in [0.2, 0.25) is 23.6 Å². The van der Waals surface area contributed by atoms with Crippen LogP contribution in [0.3, 0.4) is 0 Å². The lowest BCUT2D eigenvalue weighted by Gasteiger charge is -2.29. The number of aromatic hydroxyl groups is 1. The Balaban J connectivity index is 1.43. The van der Waals surface area contributed by atoms with Crippen LogP contribution in [0.2, 0.25) is 0 Å². The minimum Gasteiger partial charge on any atom is -0.508 e. The van der Waals surface area contributed by atoms with Crippen molar-refractivity contribution in [2.45, 2.75) is 54.9 Å². The highest BCUT2D eigenvalue weighted by Gasteiger charge is 2.38. The van der Waals surface area contributed by atoms with Crippen molar-refractivity contribution < 1.29 is 29.2 Å². The quantitative estimate of drug-likeness (QED) is 0.0882. The fourth-order valence-corrected chi connectivity index (χ4v) is 7.25. The molecular weight excluding hydrogens is 647 g/mol. The highest BCUT2D eigenvalue weighted by molar-refractivity contribution is 8.76. The number of benzene rings is 2. The van der Waals surface area contributed by atoms with Crippen molar-refractivity contribution in [1.82, 2.24) is 20.5 Å². The van der Waals surface area contributed by atoms with Gasteiger partial charge in [0.15, 0.2) is 5.03 Å². The third kappa shape index (κ3) is 9.91. The van der Waals surface area contributed by atoms with E-state index in [1.807, 2.05) is 6.07 Å². The molecule has 0 aliphatic carbocycles. The Morgan fingerprint density at radius 1 is 1.00 bits per heavy atom. The van der Waals surface area contributed by atoms with Gasteiger partial charge in [-0.3, -0.25) is 29.3 Å². The van der Waals surface area contributed by atoms with Gasteiger partial charge in [0.25, 0.3) is 0 Å². The maximum atomic E-state index is 13.6. The van der Waals surface area contributed by atoms with Gasteiger partial charge in [-0.1, -0.05) is 53.3 Å². The molecule has 248 valence electrons. The van der Waals surface area contributed by atoms with E-state index in [4.69, 9.17) is 11.5 Å². The standard InChI is InChI=1S/C31H35N7O7S2/c32-22(16-20-10-12-21(39)13-11-20)31(43)37-15-5-9-25(37)29(42)35-23(17-19-6-2-1-3-7-19)28(41)36-24(27(33)40)18-46-47-30-26(38(44)45)8-4-14-34-30/h1-4,6-8,10-14,22-25,39H,5,9,15-18,32H2,(H2,33,40)(H,35,42)(H,36,41)/t22-,23-,24-,25-/m0/s1. The summed E-state index contributed by atoms with van der Waals surface area (Å²) in [5, 5.41) is 26.3. The normalized spacial score (nSPS) is 16.1. The number of likely N-dealkylation sites (tertiary alicyclic amines) is 1. The third-order valence-corrected chi connectivity index (χ3v) is 9.74. The van der Waals surface area contributed by atoms with Crippen molar-refractivity contribution in [3.63, 3.8) is 0 Å². The van der Waals surface area contributed by atoms with Gasteiger partial charge in [0, 0.05) is 31.0 Å². The van der Waals surface area contributed by atoms with Crippen molar-refractivity contribution in [2.75, 3.05) is 12.3 Å². The first-order valence-corrected chi connectivity index (χ1v) is 17.0. The SMILES string of the molecule is NC(=O)[C@H](CSSc1ncccc1[N+](=O)[O-])NC(=O)[C@H](Cc1ccccc1)NC(=O)[C@@H]1CCCN1C(=O)[C@@H](N)Cc1ccc(O)cc1. The predicted octanol–water partition coefficient (Wildman–Crippen LogP) is 1.69. The number of hydrogen-bond acceptors (Lipinski definition) is 11. The zero-order valence-electron chi connectivity index (χ0n) is 25.2. The van der Waals surface area contributed by atoms with Crippen molar-refractivity contribution in [2.24, 2.45) is 11.5 Å². The zero-order valence-corrected chi connectivity index (χ0v) is 26.8. The number of phenols is 1. The van der Waals surface area contributed by atoms with E-state index in [0.717, 1.165) is 32.7 Å². The molecule has 4 amide bonds. The first-order chi connectivity index (χ1) is 22.5. The monoisotopic (exact) mass is 681 g/mol. The smallest absolute Gasteiger partial charge is 0.302 e. The van der Waals surface area contributed by atoms with Crippen LogP contribution in [0.1, 0.15) is 24.0 Å². The number of nitro groups is 1. The molecule has 14 nitrogen and oxygen atoms in total. The third-order valence-electron chi connectivity index (χ3n) is 7.44. The first-order valence-electron chi connectivity index (χ1n) is 14.7. The van der Waals surface area contributed by atoms with Gasteiger partial charge in [0.05, 0.1) is 11.0 Å². The Labute approximate surface area is 278 Å². The summed E-state index contributed by atoms with van der Waals surface area (Å²) in [7, 11) is 2.02. The van der Waals surface area contributed by atoms with E-state index in [2.05, 4.69) is 15.6 Å². The van der Waals surface area contributed by atoms with E-state index >= 15 is 0 Å². The molecule has 1 aliphatic heterocycles. The van der Waals surface area contributed by atoms with Crippen LogP contribution in [0.15, 0.2) is 78.0 Å². The van der Waals surface area contributed by atoms with Gasteiger partial charge in [-0.05, 0) is 59.4 Å². The van der Waals surface area contributed by atoms with Crippen LogP contribution in [0.4, 0.5) is 5.69 Å². The summed E-state index contributed by atoms with van der Waals surface area (Å²) >= 11 is 0. The highest BCUT2D eigenvalue weighted by Crippen LogP contribution is 2.35. The lowest BCUT2D eigenvalue weighted by Crippen LogP contribution is -2.58. The van der Waals surface area contributed by atoms with E-state index in [9.17, 15) is 34.4 Å². The number of amides is 4. The number of hydrogen-bond donors (Lipinski definition) is 5.